The third-order valence-electron chi connectivity index (χ3n) is 6.79. The second-order valence-corrected chi connectivity index (χ2v) is 8.80. The number of likely N-dealkylation sites (tertiary alicyclic amines) is 1. The van der Waals surface area contributed by atoms with Crippen molar-refractivity contribution in [2.24, 2.45) is 0 Å². The van der Waals surface area contributed by atoms with E-state index in [1.54, 1.807) is 7.11 Å². The summed E-state index contributed by atoms with van der Waals surface area (Å²) in [6.07, 6.45) is 2.20. The molecule has 1 N–H and O–H groups in total. The van der Waals surface area contributed by atoms with E-state index in [9.17, 15) is 4.79 Å². The zero-order valence-electron chi connectivity index (χ0n) is 18.9. The Bertz CT molecular complexity index is 1100. The van der Waals surface area contributed by atoms with Gasteiger partial charge in [-0.2, -0.15) is 0 Å². The van der Waals surface area contributed by atoms with Gasteiger partial charge in [-0.3, -0.25) is 9.69 Å². The number of piperazine rings is 1. The van der Waals surface area contributed by atoms with Gasteiger partial charge in [-0.25, -0.2) is 4.98 Å². The minimum absolute atomic E-state index is 0.122. The normalized spacial score (nSPS) is 20.0. The summed E-state index contributed by atoms with van der Waals surface area (Å²) in [7, 11) is 1.73. The lowest BCUT2D eigenvalue weighted by atomic mass is 10.0. The van der Waals surface area contributed by atoms with E-state index >= 15 is 0 Å². The van der Waals surface area contributed by atoms with Crippen LogP contribution in [0.2, 0.25) is 0 Å². The summed E-state index contributed by atoms with van der Waals surface area (Å²) in [4.78, 5) is 27.9. The number of aromatic nitrogens is 2. The molecule has 2 aliphatic rings. The molecule has 2 aromatic carbocycles. The maximum atomic E-state index is 13.2. The van der Waals surface area contributed by atoms with E-state index in [-0.39, 0.29) is 5.91 Å². The number of para-hydroxylation sites is 2. The van der Waals surface area contributed by atoms with E-state index in [0.717, 1.165) is 80.3 Å². The number of fused-ring (bicyclic) bond motifs is 1. The van der Waals surface area contributed by atoms with Crippen LogP contribution in [0.1, 0.15) is 29.0 Å². The van der Waals surface area contributed by atoms with Crippen LogP contribution in [0.5, 0.6) is 5.75 Å². The molecule has 0 saturated carbocycles. The van der Waals surface area contributed by atoms with Crippen LogP contribution < -0.4 is 9.64 Å². The van der Waals surface area contributed by atoms with Gasteiger partial charge in [0.05, 0.1) is 23.8 Å². The van der Waals surface area contributed by atoms with Crippen LogP contribution in [-0.4, -0.2) is 78.1 Å². The summed E-state index contributed by atoms with van der Waals surface area (Å²) in [5.74, 6) is 1.92. The number of piperidine rings is 1. The third-order valence-corrected chi connectivity index (χ3v) is 6.79. The van der Waals surface area contributed by atoms with E-state index in [4.69, 9.17) is 4.74 Å². The molecule has 7 nitrogen and oxygen atoms in total. The topological polar surface area (TPSA) is 64.7 Å². The van der Waals surface area contributed by atoms with Crippen molar-refractivity contribution in [2.45, 2.75) is 25.8 Å². The molecule has 1 atom stereocenters. The van der Waals surface area contributed by atoms with Gasteiger partial charge in [0.15, 0.2) is 0 Å². The molecule has 0 bridgehead atoms. The summed E-state index contributed by atoms with van der Waals surface area (Å²) in [6, 6.07) is 14.4. The highest BCUT2D eigenvalue weighted by molar-refractivity contribution is 5.97. The minimum Gasteiger partial charge on any atom is -0.495 e. The first-order valence-electron chi connectivity index (χ1n) is 11.5. The molecule has 1 aromatic heterocycles. The van der Waals surface area contributed by atoms with Crippen molar-refractivity contribution >= 4 is 22.6 Å². The van der Waals surface area contributed by atoms with Crippen LogP contribution in [0.25, 0.3) is 11.0 Å². The lowest BCUT2D eigenvalue weighted by Gasteiger charge is -2.44. The number of nitrogens with zero attached hydrogens (tertiary/aromatic N) is 4. The van der Waals surface area contributed by atoms with E-state index < -0.39 is 0 Å². The summed E-state index contributed by atoms with van der Waals surface area (Å²) in [5, 5.41) is 0. The van der Waals surface area contributed by atoms with Gasteiger partial charge in [0.25, 0.3) is 5.91 Å². The highest BCUT2D eigenvalue weighted by Crippen LogP contribution is 2.29. The number of H-pyrrole nitrogens is 1. The van der Waals surface area contributed by atoms with Crippen molar-refractivity contribution < 1.29 is 9.53 Å². The van der Waals surface area contributed by atoms with Gasteiger partial charge < -0.3 is 19.5 Å². The molecule has 2 aliphatic heterocycles. The molecule has 0 aliphatic carbocycles. The fourth-order valence-corrected chi connectivity index (χ4v) is 5.11. The number of nitrogens with one attached hydrogen (secondary N) is 1. The van der Waals surface area contributed by atoms with Gasteiger partial charge in [-0.05, 0) is 50.1 Å². The number of benzene rings is 2. The fourth-order valence-electron chi connectivity index (χ4n) is 5.11. The van der Waals surface area contributed by atoms with Crippen LogP contribution >= 0.6 is 0 Å². The molecule has 2 fully saturated rings. The van der Waals surface area contributed by atoms with Crippen molar-refractivity contribution in [3.8, 4) is 5.75 Å². The molecule has 2 saturated heterocycles. The van der Waals surface area contributed by atoms with Gasteiger partial charge in [0, 0.05) is 50.9 Å². The van der Waals surface area contributed by atoms with Crippen LogP contribution in [0.4, 0.5) is 5.69 Å². The first kappa shape index (κ1) is 20.8. The standard InChI is InChI=1S/C25H31N5O2/c1-18-26-21-10-9-19(16-22(21)27-18)25(31)30-11-5-6-20(17-30)28-12-14-29(15-13-28)23-7-3-4-8-24(23)32-2/h3-4,7-10,16,20H,5-6,11-15,17H2,1-2H3,(H,26,27)/t20-/m1/s1. The lowest BCUT2D eigenvalue weighted by Crippen LogP contribution is -2.55. The second-order valence-electron chi connectivity index (χ2n) is 8.80. The number of carbonyl (C=O) groups is 1. The zero-order chi connectivity index (χ0) is 22.1. The van der Waals surface area contributed by atoms with Crippen molar-refractivity contribution in [2.75, 3.05) is 51.3 Å². The number of methoxy groups -OCH3 is 1. The smallest absolute Gasteiger partial charge is 0.253 e. The molecule has 5 rings (SSSR count). The largest absolute Gasteiger partial charge is 0.495 e. The number of aryl methyl sites for hydroxylation is 1. The van der Waals surface area contributed by atoms with Gasteiger partial charge in [0.2, 0.25) is 0 Å². The van der Waals surface area contributed by atoms with Crippen molar-refractivity contribution in [1.82, 2.24) is 19.8 Å². The molecule has 0 unspecified atom stereocenters. The molecule has 3 heterocycles. The zero-order valence-corrected chi connectivity index (χ0v) is 18.9. The highest BCUT2D eigenvalue weighted by atomic mass is 16.5. The fraction of sp³-hybridized carbons (Fsp3) is 0.440. The van der Waals surface area contributed by atoms with E-state index in [2.05, 4.69) is 31.9 Å². The Balaban J connectivity index is 1.23. The summed E-state index contributed by atoms with van der Waals surface area (Å²) in [6.45, 7) is 7.52. The predicted octanol–water partition coefficient (Wildman–Crippen LogP) is 3.31. The van der Waals surface area contributed by atoms with E-state index in [0.29, 0.717) is 6.04 Å². The van der Waals surface area contributed by atoms with Crippen molar-refractivity contribution in [1.29, 1.82) is 0 Å². The number of rotatable bonds is 4. The number of carbonyl (C=O) groups excluding carboxylic acids is 1. The monoisotopic (exact) mass is 433 g/mol. The molecular weight excluding hydrogens is 402 g/mol. The van der Waals surface area contributed by atoms with Crippen molar-refractivity contribution in [3.63, 3.8) is 0 Å². The number of ether oxygens (including phenoxy) is 1. The maximum absolute atomic E-state index is 13.2. The quantitative estimate of drug-likeness (QED) is 0.684. The molecule has 0 radical (unpaired) electrons. The molecule has 3 aromatic rings. The summed E-state index contributed by atoms with van der Waals surface area (Å²) >= 11 is 0. The molecular formula is C25H31N5O2. The highest BCUT2D eigenvalue weighted by Gasteiger charge is 2.31. The Labute approximate surface area is 189 Å². The SMILES string of the molecule is COc1ccccc1N1CCN([C@@H]2CCCN(C(=O)c3ccc4nc(C)[nH]c4c3)C2)CC1. The molecule has 1 amide bonds. The summed E-state index contributed by atoms with van der Waals surface area (Å²) < 4.78 is 5.55. The van der Waals surface area contributed by atoms with Crippen LogP contribution in [0.15, 0.2) is 42.5 Å². The number of amides is 1. The Morgan fingerprint density at radius 1 is 1.09 bits per heavy atom. The second kappa shape index (κ2) is 8.82. The number of aromatic amines is 1. The Kier molecular flexibility index (Phi) is 5.74. The third kappa shape index (κ3) is 4.05. The average Bonchev–Trinajstić information content (AvgIpc) is 3.23. The van der Waals surface area contributed by atoms with Crippen LogP contribution in [-0.2, 0) is 0 Å². The molecule has 0 spiro atoms. The number of hydrogen-bond donors (Lipinski definition) is 1. The lowest BCUT2D eigenvalue weighted by molar-refractivity contribution is 0.0563. The van der Waals surface area contributed by atoms with E-state index in [1.807, 2.05) is 42.2 Å². The predicted molar refractivity (Wildman–Crippen MR) is 127 cm³/mol. The molecule has 32 heavy (non-hydrogen) atoms. The Morgan fingerprint density at radius 3 is 2.72 bits per heavy atom. The first-order valence-corrected chi connectivity index (χ1v) is 11.5. The number of imidazole rings is 1. The molecule has 7 heteroatoms. The Hall–Kier alpha value is -3.06. The van der Waals surface area contributed by atoms with Gasteiger partial charge in [-0.1, -0.05) is 12.1 Å². The molecule has 168 valence electrons. The van der Waals surface area contributed by atoms with Gasteiger partial charge in [0.1, 0.15) is 11.6 Å². The number of anilines is 1. The van der Waals surface area contributed by atoms with Crippen molar-refractivity contribution in [3.05, 3.63) is 53.9 Å². The average molecular weight is 434 g/mol. The Morgan fingerprint density at radius 2 is 1.91 bits per heavy atom. The number of hydrogen-bond acceptors (Lipinski definition) is 5. The van der Waals surface area contributed by atoms with Gasteiger partial charge >= 0.3 is 0 Å². The van der Waals surface area contributed by atoms with Gasteiger partial charge in [-0.15, -0.1) is 0 Å². The first-order chi connectivity index (χ1) is 15.6. The van der Waals surface area contributed by atoms with E-state index in [1.165, 1.54) is 5.69 Å². The minimum atomic E-state index is 0.122. The van der Waals surface area contributed by atoms with Crippen LogP contribution in [0, 0.1) is 6.92 Å². The maximum Gasteiger partial charge on any atom is 0.253 e. The summed E-state index contributed by atoms with van der Waals surface area (Å²) in [5.41, 5.74) is 3.74. The van der Waals surface area contributed by atoms with Crippen LogP contribution in [0.3, 0.4) is 0 Å².